The molecule has 6 aliphatic carbocycles. The van der Waals surface area contributed by atoms with Crippen molar-refractivity contribution in [2.45, 2.75) is 166 Å². The number of ether oxygens (including phenoxy) is 3. The largest absolute Gasteiger partial charge is 0.496 e. The van der Waals surface area contributed by atoms with Gasteiger partial charge in [0.05, 0.1) is 51.7 Å². The van der Waals surface area contributed by atoms with E-state index in [0.29, 0.717) is 54.5 Å². The van der Waals surface area contributed by atoms with Crippen LogP contribution in [0.2, 0.25) is 0 Å². The second-order valence-electron chi connectivity index (χ2n) is 25.7. The molecule has 6 aliphatic rings. The molecule has 0 saturated heterocycles. The summed E-state index contributed by atoms with van der Waals surface area (Å²) in [7, 11) is 4.91. The van der Waals surface area contributed by atoms with Crippen LogP contribution in [0.5, 0.6) is 11.5 Å². The number of aliphatic hydroxyl groups is 1. The fourth-order valence-corrected chi connectivity index (χ4v) is 14.4. The number of methoxy groups -OCH3 is 3. The van der Waals surface area contributed by atoms with Crippen molar-refractivity contribution in [1.29, 1.82) is 0 Å². The molecule has 1 N–H and O–H groups in total. The molecule has 0 radical (unpaired) electrons. The predicted octanol–water partition coefficient (Wildman–Crippen LogP) is 14.8. The molecule has 6 aromatic rings. The molecule has 2 heterocycles. The van der Waals surface area contributed by atoms with Gasteiger partial charge in [0.25, 0.3) is 0 Å². The maximum absolute atomic E-state index is 14.2. The van der Waals surface area contributed by atoms with E-state index in [1.165, 1.54) is 55.0 Å². The van der Waals surface area contributed by atoms with Crippen LogP contribution < -0.4 is 19.3 Å². The van der Waals surface area contributed by atoms with Crippen molar-refractivity contribution >= 4 is 29.2 Å². The molecule has 2 aromatic heterocycles. The number of esters is 1. The fourth-order valence-electron chi connectivity index (χ4n) is 14.4. The summed E-state index contributed by atoms with van der Waals surface area (Å²) in [5.74, 6) is 4.48. The molecule has 2 amide bonds. The van der Waals surface area contributed by atoms with Gasteiger partial charge in [-0.15, -0.1) is 0 Å². The number of anilines is 2. The van der Waals surface area contributed by atoms with Crippen molar-refractivity contribution < 1.29 is 33.7 Å². The zero-order valence-electron chi connectivity index (χ0n) is 50.5. The van der Waals surface area contributed by atoms with E-state index in [4.69, 9.17) is 14.2 Å². The number of rotatable bonds is 18. The monoisotopic (exact) mass is 1140 g/mol. The lowest BCUT2D eigenvalue weighted by Gasteiger charge is -2.36. The molecule has 13 heteroatoms. The first-order valence-electron chi connectivity index (χ1n) is 31.8. The van der Waals surface area contributed by atoms with E-state index in [2.05, 4.69) is 141 Å². The molecule has 6 saturated carbocycles. The normalized spacial score (nSPS) is 24.3. The Hall–Kier alpha value is -6.73. The van der Waals surface area contributed by atoms with Crippen molar-refractivity contribution in [2.24, 2.45) is 35.5 Å². The Morgan fingerprint density at radius 2 is 0.893 bits per heavy atom. The van der Waals surface area contributed by atoms with Gasteiger partial charge in [-0.2, -0.15) is 10.2 Å². The maximum atomic E-state index is 14.2. The number of carbonyl (C=O) groups is 3. The molecule has 6 fully saturated rings. The highest BCUT2D eigenvalue weighted by atomic mass is 16.5. The molecular formula is C71H90N6O7. The minimum absolute atomic E-state index is 0.0395. The first kappa shape index (κ1) is 59.0. The predicted molar refractivity (Wildman–Crippen MR) is 331 cm³/mol. The number of nitrogens with zero attached hydrogens (tertiary/aromatic N) is 6. The summed E-state index contributed by atoms with van der Waals surface area (Å²) in [6, 6.07) is 31.2. The Bertz CT molecular complexity index is 3180. The van der Waals surface area contributed by atoms with E-state index < -0.39 is 0 Å². The van der Waals surface area contributed by atoms with Gasteiger partial charge >= 0.3 is 5.97 Å². The number of benzene rings is 4. The van der Waals surface area contributed by atoms with Gasteiger partial charge in [0.1, 0.15) is 11.5 Å². The van der Waals surface area contributed by atoms with E-state index in [0.717, 1.165) is 148 Å². The number of aryl methyl sites for hydroxylation is 2. The maximum Gasteiger partial charge on any atom is 0.308 e. The lowest BCUT2D eigenvalue weighted by atomic mass is 9.77. The Labute approximate surface area is 498 Å². The lowest BCUT2D eigenvalue weighted by Crippen LogP contribution is -2.42. The molecule has 0 bridgehead atoms. The number of hydrogen-bond acceptors (Lipinski definition) is 9. The second-order valence-corrected chi connectivity index (χ2v) is 25.7. The van der Waals surface area contributed by atoms with Crippen LogP contribution in [-0.2, 0) is 19.1 Å². The third-order valence-electron chi connectivity index (χ3n) is 20.0. The molecule has 0 unspecified atom stereocenters. The van der Waals surface area contributed by atoms with Gasteiger partial charge in [0.15, 0.2) is 0 Å². The van der Waals surface area contributed by atoms with E-state index in [1.54, 1.807) is 14.2 Å². The smallest absolute Gasteiger partial charge is 0.308 e. The van der Waals surface area contributed by atoms with E-state index in [9.17, 15) is 19.5 Å². The third-order valence-corrected chi connectivity index (χ3v) is 20.0. The SMILES string of the molecule is COC(=O)C1CCC(C(=O)N(CC2CCC(c3ccc(OC)c(C)c3)CC2)c2cccc(-c3cnn(C4CC4)c3)c2)CC1.COc1ccc(C2CCC(CN(C(=O)C3CCC(CO)CC3)c3cccc(-c4cnn(C5CC5)c4)c3)CC2)cc1C. The standard InChI is InChI=1S/C36H45N3O4.C35H45N3O3/c1-24-19-30(15-18-34(24)42-2)26-9-7-25(8-10-26)22-38(35(40)27-11-13-28(14-12-27)36(41)43-3)33-6-4-5-29(20-33)31-21-37-39(23-31)32-16-17-32;1-24-18-30(14-17-34(24)41-2)27-10-6-25(7-11-27)21-37(35(40)28-12-8-26(23-39)9-13-28)33-5-3-4-29(19-33)31-20-36-38(22-31)32-15-16-32/h4-6,15,18-21,23,25-28,32H,7-14,16-17,22H2,1-3H3;3-5,14,17-20,22,25-28,32,39H,6-13,15-16,21,23H2,1-2H3. The van der Waals surface area contributed by atoms with Crippen LogP contribution in [-0.4, -0.2) is 83.5 Å². The second kappa shape index (κ2) is 27.1. The molecular weight excluding hydrogens is 1050 g/mol. The first-order valence-corrected chi connectivity index (χ1v) is 31.8. The Kier molecular flexibility index (Phi) is 19.0. The van der Waals surface area contributed by atoms with Crippen LogP contribution in [0.25, 0.3) is 22.3 Å². The van der Waals surface area contributed by atoms with E-state index in [-0.39, 0.29) is 42.1 Å². The average molecular weight is 1140 g/mol. The first-order chi connectivity index (χ1) is 40.9. The zero-order chi connectivity index (χ0) is 58.3. The quantitative estimate of drug-likeness (QED) is 0.0833. The van der Waals surface area contributed by atoms with Crippen LogP contribution in [0.1, 0.15) is 175 Å². The Morgan fingerprint density at radius 1 is 0.488 bits per heavy atom. The van der Waals surface area contributed by atoms with Crippen LogP contribution in [0, 0.1) is 49.4 Å². The van der Waals surface area contributed by atoms with Crippen molar-refractivity contribution in [3.05, 3.63) is 132 Å². The topological polar surface area (TPSA) is 141 Å². The summed E-state index contributed by atoms with van der Waals surface area (Å²) in [4.78, 5) is 44.7. The van der Waals surface area contributed by atoms with Gasteiger partial charge in [-0.1, -0.05) is 48.5 Å². The zero-order valence-corrected chi connectivity index (χ0v) is 50.5. The lowest BCUT2D eigenvalue weighted by molar-refractivity contribution is -0.147. The summed E-state index contributed by atoms with van der Waals surface area (Å²) in [6.07, 6.45) is 28.5. The van der Waals surface area contributed by atoms with Crippen molar-refractivity contribution in [3.8, 4) is 33.8 Å². The van der Waals surface area contributed by atoms with E-state index in [1.807, 2.05) is 12.4 Å². The summed E-state index contributed by atoms with van der Waals surface area (Å²) in [5, 5.41) is 18.8. The van der Waals surface area contributed by atoms with Crippen LogP contribution in [0.3, 0.4) is 0 Å². The summed E-state index contributed by atoms with van der Waals surface area (Å²) in [6.45, 7) is 5.97. The fraction of sp³-hybridized carbons (Fsp3) is 0.535. The molecule has 0 atom stereocenters. The van der Waals surface area contributed by atoms with Gasteiger partial charge in [-0.3, -0.25) is 23.7 Å². The molecule has 84 heavy (non-hydrogen) atoms. The number of aliphatic hydroxyl groups excluding tert-OH is 1. The number of aromatic nitrogens is 4. The average Bonchev–Trinajstić information content (AvgIpc) is 4.64. The van der Waals surface area contributed by atoms with Gasteiger partial charge in [-0.05, 0) is 242 Å². The van der Waals surface area contributed by atoms with Crippen LogP contribution in [0.15, 0.2) is 110 Å². The van der Waals surface area contributed by atoms with Gasteiger partial charge in [0, 0.05) is 66.4 Å². The molecule has 446 valence electrons. The highest BCUT2D eigenvalue weighted by molar-refractivity contribution is 5.96. The molecule has 0 spiro atoms. The summed E-state index contributed by atoms with van der Waals surface area (Å²) >= 11 is 0. The Balaban J connectivity index is 0.000000176. The number of hydrogen-bond donors (Lipinski definition) is 1. The van der Waals surface area contributed by atoms with Crippen molar-refractivity contribution in [1.82, 2.24) is 19.6 Å². The minimum atomic E-state index is -0.147. The highest BCUT2D eigenvalue weighted by Crippen LogP contribution is 2.43. The van der Waals surface area contributed by atoms with Gasteiger partial charge in [0.2, 0.25) is 11.8 Å². The third kappa shape index (κ3) is 14.2. The summed E-state index contributed by atoms with van der Waals surface area (Å²) < 4.78 is 20.1. The van der Waals surface area contributed by atoms with Crippen molar-refractivity contribution in [3.63, 3.8) is 0 Å². The highest BCUT2D eigenvalue weighted by Gasteiger charge is 2.37. The Morgan fingerprint density at radius 3 is 1.27 bits per heavy atom. The van der Waals surface area contributed by atoms with E-state index >= 15 is 0 Å². The molecule has 12 rings (SSSR count). The molecule has 13 nitrogen and oxygen atoms in total. The number of carbonyl (C=O) groups excluding carboxylic acids is 3. The van der Waals surface area contributed by atoms with Crippen molar-refractivity contribution in [2.75, 3.05) is 50.8 Å². The molecule has 0 aliphatic heterocycles. The van der Waals surface area contributed by atoms with Gasteiger partial charge < -0.3 is 29.1 Å². The van der Waals surface area contributed by atoms with Crippen LogP contribution in [0.4, 0.5) is 11.4 Å². The van der Waals surface area contributed by atoms with Gasteiger partial charge in [-0.25, -0.2) is 0 Å². The summed E-state index contributed by atoms with van der Waals surface area (Å²) in [5.41, 5.74) is 11.6. The minimum Gasteiger partial charge on any atom is -0.496 e. The van der Waals surface area contributed by atoms with Crippen LogP contribution >= 0.6 is 0 Å². The molecule has 4 aromatic carbocycles. The number of amides is 2.